The predicted molar refractivity (Wildman–Crippen MR) is 105 cm³/mol. The number of aromatic nitrogens is 2. The Morgan fingerprint density at radius 2 is 1.63 bits per heavy atom. The molecule has 1 aromatic carbocycles. The Balaban J connectivity index is 1.21. The summed E-state index contributed by atoms with van der Waals surface area (Å²) in [5.74, 6) is 0.0812. The second kappa shape index (κ2) is 8.13. The van der Waals surface area contributed by atoms with Gasteiger partial charge in [-0.25, -0.2) is 0 Å². The van der Waals surface area contributed by atoms with Gasteiger partial charge in [0.05, 0.1) is 24.0 Å². The third kappa shape index (κ3) is 4.33. The van der Waals surface area contributed by atoms with Gasteiger partial charge in [-0.1, -0.05) is 18.2 Å². The average molecular weight is 368 g/mol. The molecule has 1 aromatic heterocycles. The molecule has 144 valence electrons. The summed E-state index contributed by atoms with van der Waals surface area (Å²) in [7, 11) is 1.83. The Labute approximate surface area is 160 Å². The number of anilines is 1. The van der Waals surface area contributed by atoms with Gasteiger partial charge in [0, 0.05) is 45.1 Å². The molecule has 0 spiro atoms. The molecular weight excluding hydrogens is 340 g/mol. The van der Waals surface area contributed by atoms with E-state index in [9.17, 15) is 4.79 Å². The number of likely N-dealkylation sites (tertiary alicyclic amines) is 1. The number of hydrogen-bond donors (Lipinski definition) is 0. The number of carbonyl (C=O) groups is 1. The maximum absolute atomic E-state index is 12.5. The molecule has 3 heterocycles. The van der Waals surface area contributed by atoms with Crippen LogP contribution >= 0.6 is 0 Å². The molecule has 0 bridgehead atoms. The number of para-hydroxylation sites is 1. The number of amides is 1. The zero-order valence-corrected chi connectivity index (χ0v) is 16.0. The van der Waals surface area contributed by atoms with Crippen molar-refractivity contribution in [3.63, 3.8) is 0 Å². The van der Waals surface area contributed by atoms with E-state index in [4.69, 9.17) is 4.74 Å². The topological polar surface area (TPSA) is 50.6 Å². The Kier molecular flexibility index (Phi) is 5.43. The molecule has 6 nitrogen and oxygen atoms in total. The number of ether oxygens (including phenoxy) is 1. The number of carbonyl (C=O) groups excluding carboxylic acids is 1. The highest BCUT2D eigenvalue weighted by Crippen LogP contribution is 2.24. The van der Waals surface area contributed by atoms with Crippen molar-refractivity contribution in [2.75, 3.05) is 31.1 Å². The van der Waals surface area contributed by atoms with Crippen molar-refractivity contribution in [3.05, 3.63) is 48.3 Å². The monoisotopic (exact) mass is 368 g/mol. The SMILES string of the molecule is Cn1cc(C(=O)N2CCC(OC3CCN(c4ccccc4)CC3)CC2)cn1. The molecule has 6 heteroatoms. The lowest BCUT2D eigenvalue weighted by Crippen LogP contribution is -2.43. The van der Waals surface area contributed by atoms with E-state index in [1.165, 1.54) is 5.69 Å². The van der Waals surface area contributed by atoms with E-state index < -0.39 is 0 Å². The minimum Gasteiger partial charge on any atom is -0.375 e. The Bertz CT molecular complexity index is 745. The minimum absolute atomic E-state index is 0.0812. The molecule has 0 atom stereocenters. The summed E-state index contributed by atoms with van der Waals surface area (Å²) in [6, 6.07) is 10.6. The van der Waals surface area contributed by atoms with Crippen molar-refractivity contribution < 1.29 is 9.53 Å². The van der Waals surface area contributed by atoms with Gasteiger partial charge in [0.15, 0.2) is 0 Å². The number of hydrogen-bond acceptors (Lipinski definition) is 4. The highest BCUT2D eigenvalue weighted by Gasteiger charge is 2.28. The maximum Gasteiger partial charge on any atom is 0.257 e. The van der Waals surface area contributed by atoms with Gasteiger partial charge in [0.2, 0.25) is 0 Å². The van der Waals surface area contributed by atoms with Crippen LogP contribution < -0.4 is 4.90 Å². The molecule has 27 heavy (non-hydrogen) atoms. The standard InChI is InChI=1S/C21H28N4O2/c1-23-16-17(15-22-23)21(26)25-13-9-20(10-14-25)27-19-7-11-24(12-8-19)18-5-3-2-4-6-18/h2-6,15-16,19-20H,7-14H2,1H3. The van der Waals surface area contributed by atoms with Crippen LogP contribution in [0, 0.1) is 0 Å². The van der Waals surface area contributed by atoms with Crippen molar-refractivity contribution in [1.82, 2.24) is 14.7 Å². The van der Waals surface area contributed by atoms with Gasteiger partial charge < -0.3 is 14.5 Å². The van der Waals surface area contributed by atoms with Gasteiger partial charge in [-0.2, -0.15) is 5.10 Å². The fraction of sp³-hybridized carbons (Fsp3) is 0.524. The molecule has 0 N–H and O–H groups in total. The van der Waals surface area contributed by atoms with E-state index in [1.54, 1.807) is 17.1 Å². The van der Waals surface area contributed by atoms with Crippen LogP contribution in [0.15, 0.2) is 42.7 Å². The minimum atomic E-state index is 0.0812. The summed E-state index contributed by atoms with van der Waals surface area (Å²) < 4.78 is 8.04. The number of piperidine rings is 2. The van der Waals surface area contributed by atoms with Gasteiger partial charge in [-0.15, -0.1) is 0 Å². The summed E-state index contributed by atoms with van der Waals surface area (Å²) >= 11 is 0. The summed E-state index contributed by atoms with van der Waals surface area (Å²) in [6.07, 6.45) is 8.03. The van der Waals surface area contributed by atoms with Gasteiger partial charge in [-0.05, 0) is 37.8 Å². The first-order valence-electron chi connectivity index (χ1n) is 9.92. The van der Waals surface area contributed by atoms with E-state index in [0.717, 1.165) is 51.9 Å². The first-order valence-corrected chi connectivity index (χ1v) is 9.92. The molecule has 1 amide bonds. The van der Waals surface area contributed by atoms with E-state index in [1.807, 2.05) is 11.9 Å². The number of benzene rings is 1. The Morgan fingerprint density at radius 1 is 1.00 bits per heavy atom. The van der Waals surface area contributed by atoms with Crippen LogP contribution in [0.3, 0.4) is 0 Å². The molecule has 0 radical (unpaired) electrons. The summed E-state index contributed by atoms with van der Waals surface area (Å²) in [5, 5.41) is 4.09. The van der Waals surface area contributed by atoms with Gasteiger partial charge in [0.25, 0.3) is 5.91 Å². The second-order valence-electron chi connectivity index (χ2n) is 7.55. The second-order valence-corrected chi connectivity index (χ2v) is 7.55. The van der Waals surface area contributed by atoms with Crippen LogP contribution in [0.4, 0.5) is 5.69 Å². The van der Waals surface area contributed by atoms with Crippen LogP contribution in [0.25, 0.3) is 0 Å². The highest BCUT2D eigenvalue weighted by molar-refractivity contribution is 5.93. The lowest BCUT2D eigenvalue weighted by atomic mass is 10.0. The van der Waals surface area contributed by atoms with E-state index in [-0.39, 0.29) is 12.0 Å². The number of aryl methyl sites for hydroxylation is 1. The lowest BCUT2D eigenvalue weighted by molar-refractivity contribution is -0.0478. The number of rotatable bonds is 4. The van der Waals surface area contributed by atoms with Crippen molar-refractivity contribution in [2.24, 2.45) is 7.05 Å². The third-order valence-electron chi connectivity index (χ3n) is 5.63. The first-order chi connectivity index (χ1) is 13.2. The fourth-order valence-electron chi connectivity index (χ4n) is 4.07. The molecular formula is C21H28N4O2. The van der Waals surface area contributed by atoms with Gasteiger partial charge in [-0.3, -0.25) is 9.48 Å². The molecule has 0 unspecified atom stereocenters. The van der Waals surface area contributed by atoms with Crippen molar-refractivity contribution >= 4 is 11.6 Å². The van der Waals surface area contributed by atoms with Crippen LogP contribution in [-0.2, 0) is 11.8 Å². The predicted octanol–water partition coefficient (Wildman–Crippen LogP) is 2.71. The zero-order chi connectivity index (χ0) is 18.6. The summed E-state index contributed by atoms with van der Waals surface area (Å²) in [5.41, 5.74) is 1.98. The molecule has 2 aliphatic heterocycles. The zero-order valence-electron chi connectivity index (χ0n) is 16.0. The molecule has 0 aliphatic carbocycles. The first kappa shape index (κ1) is 18.0. The largest absolute Gasteiger partial charge is 0.375 e. The third-order valence-corrected chi connectivity index (χ3v) is 5.63. The molecule has 2 saturated heterocycles. The Morgan fingerprint density at radius 3 is 2.22 bits per heavy atom. The molecule has 2 aliphatic rings. The van der Waals surface area contributed by atoms with Crippen LogP contribution in [0.1, 0.15) is 36.0 Å². The summed E-state index contributed by atoms with van der Waals surface area (Å²) in [6.45, 7) is 3.63. The highest BCUT2D eigenvalue weighted by atomic mass is 16.5. The van der Waals surface area contributed by atoms with Crippen molar-refractivity contribution in [2.45, 2.75) is 37.9 Å². The van der Waals surface area contributed by atoms with Crippen LogP contribution in [0.2, 0.25) is 0 Å². The van der Waals surface area contributed by atoms with Crippen molar-refractivity contribution in [1.29, 1.82) is 0 Å². The average Bonchev–Trinajstić information content (AvgIpc) is 3.16. The fourth-order valence-corrected chi connectivity index (χ4v) is 4.07. The normalized spacial score (nSPS) is 19.4. The quantitative estimate of drug-likeness (QED) is 0.833. The molecule has 0 saturated carbocycles. The van der Waals surface area contributed by atoms with E-state index >= 15 is 0 Å². The maximum atomic E-state index is 12.5. The van der Waals surface area contributed by atoms with Crippen LogP contribution in [-0.4, -0.2) is 59.0 Å². The molecule has 2 fully saturated rings. The lowest BCUT2D eigenvalue weighted by Gasteiger charge is -2.37. The smallest absolute Gasteiger partial charge is 0.257 e. The van der Waals surface area contributed by atoms with Gasteiger partial charge in [0.1, 0.15) is 0 Å². The molecule has 2 aromatic rings. The number of nitrogens with zero attached hydrogens (tertiary/aromatic N) is 4. The van der Waals surface area contributed by atoms with Crippen LogP contribution in [0.5, 0.6) is 0 Å². The summed E-state index contributed by atoms with van der Waals surface area (Å²) in [4.78, 5) is 16.9. The van der Waals surface area contributed by atoms with Gasteiger partial charge >= 0.3 is 0 Å². The van der Waals surface area contributed by atoms with E-state index in [0.29, 0.717) is 11.7 Å². The molecule has 4 rings (SSSR count). The van der Waals surface area contributed by atoms with E-state index in [2.05, 4.69) is 40.3 Å². The Hall–Kier alpha value is -2.34. The van der Waals surface area contributed by atoms with Crippen molar-refractivity contribution in [3.8, 4) is 0 Å².